The number of benzene rings is 1. The minimum atomic E-state index is -0.638. The summed E-state index contributed by atoms with van der Waals surface area (Å²) in [7, 11) is 0. The number of non-ortho nitro benzene ring substituents is 1. The first-order chi connectivity index (χ1) is 11.3. The third-order valence-corrected chi connectivity index (χ3v) is 3.46. The van der Waals surface area contributed by atoms with E-state index >= 15 is 0 Å². The van der Waals surface area contributed by atoms with Gasteiger partial charge in [-0.25, -0.2) is 4.79 Å². The maximum absolute atomic E-state index is 12.0. The van der Waals surface area contributed by atoms with Gasteiger partial charge in [-0.05, 0) is 32.9 Å². The number of hydrogen-bond donors (Lipinski definition) is 1. The van der Waals surface area contributed by atoms with E-state index in [1.54, 1.807) is 20.8 Å². The number of nitro groups is 1. The zero-order valence-corrected chi connectivity index (χ0v) is 13.4. The molecule has 24 heavy (non-hydrogen) atoms. The molecule has 1 heterocycles. The van der Waals surface area contributed by atoms with E-state index in [4.69, 9.17) is 9.15 Å². The van der Waals surface area contributed by atoms with Crippen molar-refractivity contribution in [3.63, 3.8) is 0 Å². The molecule has 1 N–H and O–H groups in total. The number of nitro benzene ring substituents is 1. The molecule has 8 heteroatoms. The third-order valence-electron chi connectivity index (χ3n) is 3.46. The SMILES string of the molecule is Cc1oc(C)c(C(=O)OCC(=O)Nc2ccc([N+](=O)[O-])cc2)c1C. The minimum Gasteiger partial charge on any atom is -0.465 e. The van der Waals surface area contributed by atoms with Crippen LogP contribution in [-0.4, -0.2) is 23.4 Å². The summed E-state index contributed by atoms with van der Waals surface area (Å²) < 4.78 is 10.3. The molecule has 1 aromatic heterocycles. The molecule has 0 saturated carbocycles. The second-order valence-electron chi connectivity index (χ2n) is 5.14. The monoisotopic (exact) mass is 332 g/mol. The highest BCUT2D eigenvalue weighted by Crippen LogP contribution is 2.21. The number of furan rings is 1. The molecule has 0 spiro atoms. The Hall–Kier alpha value is -3.16. The van der Waals surface area contributed by atoms with Gasteiger partial charge in [-0.3, -0.25) is 14.9 Å². The van der Waals surface area contributed by atoms with Gasteiger partial charge in [0.15, 0.2) is 6.61 Å². The van der Waals surface area contributed by atoms with Crippen LogP contribution in [0, 0.1) is 30.9 Å². The van der Waals surface area contributed by atoms with Crippen molar-refractivity contribution in [1.82, 2.24) is 0 Å². The molecule has 0 aliphatic rings. The van der Waals surface area contributed by atoms with Crippen LogP contribution in [0.15, 0.2) is 28.7 Å². The summed E-state index contributed by atoms with van der Waals surface area (Å²) in [6.45, 7) is 4.65. The van der Waals surface area contributed by atoms with Gasteiger partial charge >= 0.3 is 5.97 Å². The number of anilines is 1. The van der Waals surface area contributed by atoms with Crippen molar-refractivity contribution in [2.24, 2.45) is 0 Å². The predicted octanol–water partition coefficient (Wildman–Crippen LogP) is 2.91. The fraction of sp³-hybridized carbons (Fsp3) is 0.250. The molecular weight excluding hydrogens is 316 g/mol. The molecule has 0 aliphatic carbocycles. The molecular formula is C16H16N2O6. The molecule has 0 unspecified atom stereocenters. The Morgan fingerprint density at radius 1 is 1.17 bits per heavy atom. The van der Waals surface area contributed by atoms with Gasteiger partial charge in [0.25, 0.3) is 11.6 Å². The molecule has 0 bridgehead atoms. The van der Waals surface area contributed by atoms with E-state index in [1.165, 1.54) is 24.3 Å². The molecule has 126 valence electrons. The van der Waals surface area contributed by atoms with Gasteiger partial charge in [0.1, 0.15) is 17.1 Å². The lowest BCUT2D eigenvalue weighted by molar-refractivity contribution is -0.384. The minimum absolute atomic E-state index is 0.0827. The molecule has 0 saturated heterocycles. The zero-order valence-electron chi connectivity index (χ0n) is 13.4. The summed E-state index contributed by atoms with van der Waals surface area (Å²) in [5.74, 6) is -0.131. The fourth-order valence-corrected chi connectivity index (χ4v) is 2.16. The first-order valence-corrected chi connectivity index (χ1v) is 7.07. The van der Waals surface area contributed by atoms with Gasteiger partial charge in [-0.2, -0.15) is 0 Å². The highest BCUT2D eigenvalue weighted by Gasteiger charge is 2.20. The highest BCUT2D eigenvalue weighted by atomic mass is 16.6. The van der Waals surface area contributed by atoms with E-state index in [9.17, 15) is 19.7 Å². The lowest BCUT2D eigenvalue weighted by Gasteiger charge is -2.06. The fourth-order valence-electron chi connectivity index (χ4n) is 2.16. The number of ether oxygens (including phenoxy) is 1. The number of aryl methyl sites for hydroxylation is 2. The largest absolute Gasteiger partial charge is 0.465 e. The topological polar surface area (TPSA) is 112 Å². The Morgan fingerprint density at radius 2 is 1.79 bits per heavy atom. The third kappa shape index (κ3) is 3.78. The van der Waals surface area contributed by atoms with Gasteiger partial charge in [-0.15, -0.1) is 0 Å². The van der Waals surface area contributed by atoms with Gasteiger partial charge in [0.05, 0.1) is 4.92 Å². The van der Waals surface area contributed by atoms with Crippen molar-refractivity contribution >= 4 is 23.3 Å². The lowest BCUT2D eigenvalue weighted by atomic mass is 10.1. The zero-order chi connectivity index (χ0) is 17.9. The van der Waals surface area contributed by atoms with Gasteiger partial charge in [-0.1, -0.05) is 0 Å². The number of carbonyl (C=O) groups is 2. The predicted molar refractivity (Wildman–Crippen MR) is 84.9 cm³/mol. The number of esters is 1. The average molecular weight is 332 g/mol. The Bertz CT molecular complexity index is 792. The van der Waals surface area contributed by atoms with Crippen LogP contribution >= 0.6 is 0 Å². The average Bonchev–Trinajstić information content (AvgIpc) is 2.78. The second kappa shape index (κ2) is 6.95. The van der Waals surface area contributed by atoms with Crippen LogP contribution in [0.1, 0.15) is 27.4 Å². The first-order valence-electron chi connectivity index (χ1n) is 7.07. The van der Waals surface area contributed by atoms with Crippen molar-refractivity contribution in [2.45, 2.75) is 20.8 Å². The van der Waals surface area contributed by atoms with Gasteiger partial charge < -0.3 is 14.5 Å². The Kier molecular flexibility index (Phi) is 4.98. The van der Waals surface area contributed by atoms with Crippen LogP contribution in [0.25, 0.3) is 0 Å². The van der Waals surface area contributed by atoms with Gasteiger partial charge in [0.2, 0.25) is 0 Å². The smallest absolute Gasteiger partial charge is 0.342 e. The standard InChI is InChI=1S/C16H16N2O6/c1-9-10(2)24-11(3)15(9)16(20)23-8-14(19)17-12-4-6-13(7-5-12)18(21)22/h4-7H,8H2,1-3H3,(H,17,19). The molecule has 1 aromatic carbocycles. The Labute approximate surface area is 137 Å². The van der Waals surface area contributed by atoms with Crippen molar-refractivity contribution in [2.75, 3.05) is 11.9 Å². The molecule has 0 atom stereocenters. The summed E-state index contributed by atoms with van der Waals surface area (Å²) >= 11 is 0. The maximum atomic E-state index is 12.0. The van der Waals surface area contributed by atoms with Crippen LogP contribution in [0.2, 0.25) is 0 Å². The number of rotatable bonds is 5. The normalized spacial score (nSPS) is 10.3. The summed E-state index contributed by atoms with van der Waals surface area (Å²) in [4.78, 5) is 33.9. The number of nitrogens with zero attached hydrogens (tertiary/aromatic N) is 1. The van der Waals surface area contributed by atoms with Crippen molar-refractivity contribution in [1.29, 1.82) is 0 Å². The lowest BCUT2D eigenvalue weighted by Crippen LogP contribution is -2.21. The van der Waals surface area contributed by atoms with Crippen LogP contribution in [-0.2, 0) is 9.53 Å². The molecule has 0 aliphatic heterocycles. The summed E-state index contributed by atoms with van der Waals surface area (Å²) in [6.07, 6.45) is 0. The quantitative estimate of drug-likeness (QED) is 0.512. The van der Waals surface area contributed by atoms with E-state index in [-0.39, 0.29) is 5.69 Å². The van der Waals surface area contributed by atoms with Crippen molar-refractivity contribution in [3.05, 3.63) is 57.0 Å². The van der Waals surface area contributed by atoms with E-state index in [1.807, 2.05) is 0 Å². The molecule has 2 rings (SSSR count). The Morgan fingerprint density at radius 3 is 2.29 bits per heavy atom. The maximum Gasteiger partial charge on any atom is 0.342 e. The van der Waals surface area contributed by atoms with Crippen LogP contribution in [0.3, 0.4) is 0 Å². The first kappa shape index (κ1) is 17.2. The number of amides is 1. The summed E-state index contributed by atoms with van der Waals surface area (Å²) in [5.41, 5.74) is 1.28. The summed E-state index contributed by atoms with van der Waals surface area (Å²) in [5, 5.41) is 13.0. The van der Waals surface area contributed by atoms with E-state index < -0.39 is 23.4 Å². The van der Waals surface area contributed by atoms with Gasteiger partial charge in [0, 0.05) is 23.4 Å². The highest BCUT2D eigenvalue weighted by molar-refractivity contribution is 5.96. The Balaban J connectivity index is 1.93. The van der Waals surface area contributed by atoms with Crippen LogP contribution in [0.4, 0.5) is 11.4 Å². The second-order valence-corrected chi connectivity index (χ2v) is 5.14. The van der Waals surface area contributed by atoms with E-state index in [2.05, 4.69) is 5.32 Å². The van der Waals surface area contributed by atoms with Crippen molar-refractivity contribution in [3.8, 4) is 0 Å². The van der Waals surface area contributed by atoms with Crippen LogP contribution in [0.5, 0.6) is 0 Å². The number of carbonyl (C=O) groups excluding carboxylic acids is 2. The number of nitrogens with one attached hydrogen (secondary N) is 1. The molecule has 8 nitrogen and oxygen atoms in total. The van der Waals surface area contributed by atoms with E-state index in [0.29, 0.717) is 28.3 Å². The molecule has 2 aromatic rings. The van der Waals surface area contributed by atoms with Crippen molar-refractivity contribution < 1.29 is 23.7 Å². The van der Waals surface area contributed by atoms with Crippen LogP contribution < -0.4 is 5.32 Å². The molecule has 1 amide bonds. The molecule has 0 fully saturated rings. The molecule has 0 radical (unpaired) electrons. The van der Waals surface area contributed by atoms with E-state index in [0.717, 1.165) is 0 Å². The number of hydrogen-bond acceptors (Lipinski definition) is 6. The summed E-state index contributed by atoms with van der Waals surface area (Å²) in [6, 6.07) is 5.32.